The number of ether oxygens (including phenoxy) is 1. The molecule has 1 aromatic heterocycles. The number of benzene rings is 2. The van der Waals surface area contributed by atoms with Crippen LogP contribution in [0.15, 0.2) is 60.7 Å². The Morgan fingerprint density at radius 3 is 2.38 bits per heavy atom. The number of amides is 2. The van der Waals surface area contributed by atoms with Gasteiger partial charge in [0.15, 0.2) is 6.61 Å². The van der Waals surface area contributed by atoms with Crippen molar-refractivity contribution in [3.8, 4) is 17.5 Å². The van der Waals surface area contributed by atoms with Gasteiger partial charge in [-0.1, -0.05) is 17.7 Å². The maximum Gasteiger partial charge on any atom is 0.276 e. The van der Waals surface area contributed by atoms with E-state index in [9.17, 15) is 9.59 Å². The zero-order chi connectivity index (χ0) is 23.1. The van der Waals surface area contributed by atoms with Crippen LogP contribution in [0.25, 0.3) is 11.8 Å². The van der Waals surface area contributed by atoms with Gasteiger partial charge in [0, 0.05) is 23.2 Å². The number of nitrogens with zero attached hydrogens (tertiary/aromatic N) is 2. The van der Waals surface area contributed by atoms with E-state index in [1.165, 1.54) is 11.6 Å². The summed E-state index contributed by atoms with van der Waals surface area (Å²) in [5.74, 6) is -0.514. The molecule has 0 aliphatic rings. The number of nitriles is 1. The first-order chi connectivity index (χ1) is 15.4. The van der Waals surface area contributed by atoms with Crippen molar-refractivity contribution < 1.29 is 14.3 Å². The molecule has 7 nitrogen and oxygen atoms in total. The Bertz CT molecular complexity index is 1180. The molecule has 2 N–H and O–H groups in total. The fourth-order valence-corrected chi connectivity index (χ4v) is 3.20. The zero-order valence-corrected chi connectivity index (χ0v) is 18.2. The molecule has 0 radical (unpaired) electrons. The van der Waals surface area contributed by atoms with Gasteiger partial charge in [0.05, 0.1) is 11.6 Å². The lowest BCUT2D eigenvalue weighted by Crippen LogP contribution is -2.43. The van der Waals surface area contributed by atoms with Crippen LogP contribution in [0.2, 0.25) is 0 Å². The van der Waals surface area contributed by atoms with Gasteiger partial charge in [-0.25, -0.2) is 0 Å². The molecule has 2 amide bonds. The van der Waals surface area contributed by atoms with Crippen molar-refractivity contribution in [1.82, 2.24) is 15.4 Å². The normalized spacial score (nSPS) is 10.6. The van der Waals surface area contributed by atoms with Crippen LogP contribution in [-0.4, -0.2) is 23.0 Å². The molecule has 0 unspecified atom stereocenters. The Kier molecular flexibility index (Phi) is 7.09. The molecule has 1 heterocycles. The summed E-state index contributed by atoms with van der Waals surface area (Å²) >= 11 is 0. The molecule has 0 atom stereocenters. The molecule has 162 valence electrons. The van der Waals surface area contributed by atoms with E-state index in [0.717, 1.165) is 22.6 Å². The van der Waals surface area contributed by atoms with Crippen molar-refractivity contribution in [2.45, 2.75) is 20.8 Å². The van der Waals surface area contributed by atoms with Crippen LogP contribution < -0.4 is 15.6 Å². The van der Waals surface area contributed by atoms with E-state index in [4.69, 9.17) is 10.00 Å². The zero-order valence-electron chi connectivity index (χ0n) is 18.2. The van der Waals surface area contributed by atoms with Gasteiger partial charge in [0.1, 0.15) is 5.75 Å². The summed E-state index contributed by atoms with van der Waals surface area (Å²) in [6.07, 6.45) is 3.07. The minimum absolute atomic E-state index is 0.270. The molecular formula is C25H24N4O3. The minimum Gasteiger partial charge on any atom is -0.484 e. The highest BCUT2D eigenvalue weighted by Crippen LogP contribution is 2.22. The molecule has 0 aliphatic carbocycles. The fraction of sp³-hybridized carbons (Fsp3) is 0.160. The number of hydrogen-bond donors (Lipinski definition) is 2. The smallest absolute Gasteiger partial charge is 0.276 e. The average Bonchev–Trinajstić information content (AvgIpc) is 3.08. The quantitative estimate of drug-likeness (QED) is 0.464. The molecule has 3 aromatic rings. The molecule has 0 saturated heterocycles. The monoisotopic (exact) mass is 428 g/mol. The predicted molar refractivity (Wildman–Crippen MR) is 122 cm³/mol. The van der Waals surface area contributed by atoms with Crippen LogP contribution in [0.1, 0.15) is 28.1 Å². The number of aryl methyl sites for hydroxylation is 2. The Balaban J connectivity index is 1.53. The maximum atomic E-state index is 12.1. The number of carbonyl (C=O) groups excluding carboxylic acids is 2. The van der Waals surface area contributed by atoms with Gasteiger partial charge < -0.3 is 9.30 Å². The Hall–Kier alpha value is -4.31. The van der Waals surface area contributed by atoms with E-state index in [0.29, 0.717) is 11.3 Å². The highest BCUT2D eigenvalue weighted by molar-refractivity contribution is 5.93. The first kappa shape index (κ1) is 22.4. The standard InChI is InChI=1S/C25H24N4O3/c1-17-4-9-22(10-5-17)29-18(2)14-21(19(29)3)8-13-24(30)27-28-25(31)16-32-23-11-6-20(15-26)7-12-23/h4-14H,16H2,1-3H3,(H,27,30)(H,28,31)/b13-8+. The van der Waals surface area contributed by atoms with Gasteiger partial charge >= 0.3 is 0 Å². The van der Waals surface area contributed by atoms with E-state index in [1.807, 2.05) is 32.9 Å². The topological polar surface area (TPSA) is 96.2 Å². The SMILES string of the molecule is Cc1ccc(-n2c(C)cc(/C=C/C(=O)NNC(=O)COc3ccc(C#N)cc3)c2C)cc1. The lowest BCUT2D eigenvalue weighted by Gasteiger charge is -2.10. The van der Waals surface area contributed by atoms with Crippen LogP contribution in [0.5, 0.6) is 5.75 Å². The molecule has 7 heteroatoms. The summed E-state index contributed by atoms with van der Waals surface area (Å²) in [7, 11) is 0. The number of hydrogen-bond acceptors (Lipinski definition) is 4. The lowest BCUT2D eigenvalue weighted by atomic mass is 10.2. The molecule has 32 heavy (non-hydrogen) atoms. The van der Waals surface area contributed by atoms with Crippen molar-refractivity contribution in [2.24, 2.45) is 0 Å². The molecular weight excluding hydrogens is 404 g/mol. The lowest BCUT2D eigenvalue weighted by molar-refractivity contribution is -0.128. The van der Waals surface area contributed by atoms with Crippen LogP contribution in [0.4, 0.5) is 0 Å². The van der Waals surface area contributed by atoms with Gasteiger partial charge in [-0.15, -0.1) is 0 Å². The van der Waals surface area contributed by atoms with E-state index in [-0.39, 0.29) is 6.61 Å². The maximum absolute atomic E-state index is 12.1. The highest BCUT2D eigenvalue weighted by Gasteiger charge is 2.09. The molecule has 0 fully saturated rings. The molecule has 3 rings (SSSR count). The number of rotatable bonds is 6. The van der Waals surface area contributed by atoms with Crippen LogP contribution in [0.3, 0.4) is 0 Å². The number of hydrazine groups is 1. The molecule has 2 aromatic carbocycles. The second-order valence-electron chi connectivity index (χ2n) is 7.29. The van der Waals surface area contributed by atoms with Gasteiger partial charge in [-0.05, 0) is 74.9 Å². The summed E-state index contributed by atoms with van der Waals surface area (Å²) in [4.78, 5) is 24.0. The highest BCUT2D eigenvalue weighted by atomic mass is 16.5. The van der Waals surface area contributed by atoms with E-state index in [2.05, 4.69) is 39.7 Å². The summed E-state index contributed by atoms with van der Waals surface area (Å²) < 4.78 is 7.44. The molecule has 0 saturated carbocycles. The Morgan fingerprint density at radius 2 is 1.72 bits per heavy atom. The number of nitrogens with one attached hydrogen (secondary N) is 2. The predicted octanol–water partition coefficient (Wildman–Crippen LogP) is 3.51. The minimum atomic E-state index is -0.506. The molecule has 0 aliphatic heterocycles. The van der Waals surface area contributed by atoms with Crippen molar-refractivity contribution in [3.63, 3.8) is 0 Å². The van der Waals surface area contributed by atoms with Gasteiger partial charge in [-0.2, -0.15) is 5.26 Å². The van der Waals surface area contributed by atoms with E-state index < -0.39 is 11.8 Å². The van der Waals surface area contributed by atoms with E-state index in [1.54, 1.807) is 30.3 Å². The fourth-order valence-electron chi connectivity index (χ4n) is 3.20. The summed E-state index contributed by atoms with van der Waals surface area (Å²) in [5, 5.41) is 8.77. The first-order valence-electron chi connectivity index (χ1n) is 10.0. The molecule has 0 bridgehead atoms. The van der Waals surface area contributed by atoms with Crippen LogP contribution >= 0.6 is 0 Å². The third-order valence-electron chi connectivity index (χ3n) is 4.86. The van der Waals surface area contributed by atoms with Crippen LogP contribution in [-0.2, 0) is 9.59 Å². The second kappa shape index (κ2) is 10.1. The Labute approximate surface area is 186 Å². The van der Waals surface area contributed by atoms with Crippen LogP contribution in [0, 0.1) is 32.1 Å². The summed E-state index contributed by atoms with van der Waals surface area (Å²) in [5.41, 5.74) is 10.4. The third kappa shape index (κ3) is 5.64. The Morgan fingerprint density at radius 1 is 1.03 bits per heavy atom. The molecule has 0 spiro atoms. The summed E-state index contributed by atoms with van der Waals surface area (Å²) in [6.45, 7) is 5.78. The van der Waals surface area contributed by atoms with E-state index >= 15 is 0 Å². The van der Waals surface area contributed by atoms with Crippen molar-refractivity contribution in [1.29, 1.82) is 5.26 Å². The van der Waals surface area contributed by atoms with Gasteiger partial charge in [-0.3, -0.25) is 20.4 Å². The largest absolute Gasteiger partial charge is 0.484 e. The van der Waals surface area contributed by atoms with Gasteiger partial charge in [0.25, 0.3) is 11.8 Å². The van der Waals surface area contributed by atoms with Crippen molar-refractivity contribution in [3.05, 3.63) is 88.8 Å². The first-order valence-corrected chi connectivity index (χ1v) is 10.0. The summed E-state index contributed by atoms with van der Waals surface area (Å²) in [6, 6.07) is 18.6. The third-order valence-corrected chi connectivity index (χ3v) is 4.86. The van der Waals surface area contributed by atoms with Crippen molar-refractivity contribution >= 4 is 17.9 Å². The van der Waals surface area contributed by atoms with Crippen molar-refractivity contribution in [2.75, 3.05) is 6.61 Å². The van der Waals surface area contributed by atoms with Gasteiger partial charge in [0.2, 0.25) is 0 Å². The number of aromatic nitrogens is 1. The average molecular weight is 428 g/mol. The number of carbonyl (C=O) groups is 2. The second-order valence-corrected chi connectivity index (χ2v) is 7.29.